The number of carbonyl (C=O) groups excluding carboxylic acids is 1. The molecule has 39 heavy (non-hydrogen) atoms. The van der Waals surface area contributed by atoms with Crippen LogP contribution in [0.3, 0.4) is 0 Å². The number of hydrogen-bond donors (Lipinski definition) is 0. The zero-order valence-electron chi connectivity index (χ0n) is 21.1. The Labute approximate surface area is 220 Å². The molecular formula is C29H24F6O4. The summed E-state index contributed by atoms with van der Waals surface area (Å²) in [5, 5.41) is 0. The van der Waals surface area contributed by atoms with E-state index in [2.05, 4.69) is 0 Å². The van der Waals surface area contributed by atoms with Crippen molar-refractivity contribution in [2.75, 3.05) is 13.2 Å². The van der Waals surface area contributed by atoms with E-state index in [1.54, 1.807) is 19.9 Å². The molecular weight excluding hydrogens is 526 g/mol. The van der Waals surface area contributed by atoms with Crippen LogP contribution in [-0.4, -0.2) is 19.2 Å². The molecule has 1 atom stereocenters. The largest absolute Gasteiger partial charge is 0.491 e. The fourth-order valence-electron chi connectivity index (χ4n) is 4.46. The fraction of sp³-hybridized carbons (Fsp3) is 0.276. The lowest BCUT2D eigenvalue weighted by Gasteiger charge is -2.24. The lowest BCUT2D eigenvalue weighted by molar-refractivity contribution is 0.0720. The van der Waals surface area contributed by atoms with Crippen LogP contribution < -0.4 is 14.2 Å². The summed E-state index contributed by atoms with van der Waals surface area (Å²) >= 11 is 0. The zero-order valence-corrected chi connectivity index (χ0v) is 21.1. The van der Waals surface area contributed by atoms with Crippen LogP contribution in [0.25, 0.3) is 5.57 Å². The SMILES string of the molecule is CCOc1ccc(C(=O)Oc2ccc(C3CC=C(c4ccc(OCC)c(F)c4F)CC3)c(F)c2F)c(F)c1F. The van der Waals surface area contributed by atoms with Crippen LogP contribution in [0.4, 0.5) is 26.3 Å². The van der Waals surface area contributed by atoms with E-state index in [-0.39, 0.29) is 42.9 Å². The van der Waals surface area contributed by atoms with Crippen LogP contribution in [0.5, 0.6) is 17.2 Å². The van der Waals surface area contributed by atoms with Crippen molar-refractivity contribution in [2.24, 2.45) is 0 Å². The lowest BCUT2D eigenvalue weighted by Crippen LogP contribution is -2.14. The van der Waals surface area contributed by atoms with Gasteiger partial charge in [0.25, 0.3) is 0 Å². The Morgan fingerprint density at radius 3 is 1.95 bits per heavy atom. The second kappa shape index (κ2) is 11.8. The van der Waals surface area contributed by atoms with Crippen LogP contribution in [0.1, 0.15) is 60.5 Å². The van der Waals surface area contributed by atoms with Crippen LogP contribution in [0.2, 0.25) is 0 Å². The molecule has 0 fully saturated rings. The van der Waals surface area contributed by atoms with Gasteiger partial charge in [0.2, 0.25) is 17.5 Å². The first kappa shape index (κ1) is 28.1. The molecule has 1 unspecified atom stereocenters. The van der Waals surface area contributed by atoms with Gasteiger partial charge in [-0.15, -0.1) is 0 Å². The third-order valence-electron chi connectivity index (χ3n) is 6.39. The van der Waals surface area contributed by atoms with Gasteiger partial charge in [-0.1, -0.05) is 12.1 Å². The summed E-state index contributed by atoms with van der Waals surface area (Å²) in [7, 11) is 0. The molecule has 0 aliphatic heterocycles. The Kier molecular flexibility index (Phi) is 8.52. The number of ether oxygens (including phenoxy) is 3. The maximum Gasteiger partial charge on any atom is 0.346 e. The van der Waals surface area contributed by atoms with E-state index in [1.165, 1.54) is 18.2 Å². The molecule has 1 aliphatic rings. The molecule has 0 bridgehead atoms. The predicted octanol–water partition coefficient (Wildman–Crippen LogP) is 7.89. The summed E-state index contributed by atoms with van der Waals surface area (Å²) in [4.78, 5) is 12.4. The Hall–Kier alpha value is -3.95. The summed E-state index contributed by atoms with van der Waals surface area (Å²) in [6, 6.07) is 6.95. The average Bonchev–Trinajstić information content (AvgIpc) is 2.93. The third-order valence-corrected chi connectivity index (χ3v) is 6.39. The van der Waals surface area contributed by atoms with Crippen LogP contribution in [0.15, 0.2) is 42.5 Å². The van der Waals surface area contributed by atoms with Gasteiger partial charge in [0.1, 0.15) is 0 Å². The summed E-state index contributed by atoms with van der Waals surface area (Å²) in [6.07, 6.45) is 2.44. The summed E-state index contributed by atoms with van der Waals surface area (Å²) in [5.41, 5.74) is -0.218. The molecule has 4 rings (SSSR count). The Morgan fingerprint density at radius 1 is 0.744 bits per heavy atom. The first-order chi connectivity index (χ1) is 18.7. The fourth-order valence-corrected chi connectivity index (χ4v) is 4.46. The van der Waals surface area contributed by atoms with Crippen molar-refractivity contribution in [1.29, 1.82) is 0 Å². The third kappa shape index (κ3) is 5.60. The number of benzene rings is 3. The van der Waals surface area contributed by atoms with E-state index in [9.17, 15) is 31.1 Å². The van der Waals surface area contributed by atoms with Crippen molar-refractivity contribution >= 4 is 11.5 Å². The van der Waals surface area contributed by atoms with Crippen LogP contribution in [-0.2, 0) is 0 Å². The highest BCUT2D eigenvalue weighted by Crippen LogP contribution is 2.40. The molecule has 3 aromatic rings. The standard InChI is InChI=1S/C29H24F6O4/c1-3-37-20-12-9-17(23(30)26(20)33)15-5-7-16(8-6-15)18-10-14-22(28(35)24(18)31)39-29(36)19-11-13-21(38-4-2)27(34)25(19)32/h5,9-14,16H,3-4,6-8H2,1-2H3. The van der Waals surface area contributed by atoms with Crippen molar-refractivity contribution in [3.63, 3.8) is 0 Å². The Morgan fingerprint density at radius 2 is 1.33 bits per heavy atom. The van der Waals surface area contributed by atoms with Crippen molar-refractivity contribution in [3.8, 4) is 17.2 Å². The second-order valence-corrected chi connectivity index (χ2v) is 8.72. The van der Waals surface area contributed by atoms with Crippen molar-refractivity contribution in [2.45, 2.75) is 39.0 Å². The molecule has 0 amide bonds. The van der Waals surface area contributed by atoms with Crippen LogP contribution >= 0.6 is 0 Å². The highest BCUT2D eigenvalue weighted by molar-refractivity contribution is 5.91. The van der Waals surface area contributed by atoms with Crippen molar-refractivity contribution in [3.05, 3.63) is 94.1 Å². The average molecular weight is 550 g/mol. The molecule has 1 aliphatic carbocycles. The molecule has 206 valence electrons. The minimum Gasteiger partial charge on any atom is -0.491 e. The molecule has 0 saturated carbocycles. The Balaban J connectivity index is 1.51. The monoisotopic (exact) mass is 550 g/mol. The van der Waals surface area contributed by atoms with Gasteiger partial charge in [-0.05, 0) is 80.5 Å². The number of allylic oxidation sites excluding steroid dienone is 2. The molecule has 0 radical (unpaired) electrons. The highest BCUT2D eigenvalue weighted by Gasteiger charge is 2.27. The minimum atomic E-state index is -1.54. The van der Waals surface area contributed by atoms with Gasteiger partial charge in [-0.25, -0.2) is 18.0 Å². The number of esters is 1. The first-order valence-corrected chi connectivity index (χ1v) is 12.3. The summed E-state index contributed by atoms with van der Waals surface area (Å²) < 4.78 is 102. The van der Waals surface area contributed by atoms with E-state index in [0.717, 1.165) is 18.2 Å². The molecule has 0 spiro atoms. The summed E-state index contributed by atoms with van der Waals surface area (Å²) in [6.45, 7) is 3.45. The van der Waals surface area contributed by atoms with Crippen LogP contribution in [0, 0.1) is 34.9 Å². The number of carbonyl (C=O) groups is 1. The summed E-state index contributed by atoms with van der Waals surface area (Å²) in [5.74, 6) is -11.1. The van der Waals surface area contributed by atoms with Crippen molar-refractivity contribution in [1.82, 2.24) is 0 Å². The smallest absolute Gasteiger partial charge is 0.346 e. The molecule has 3 aromatic carbocycles. The van der Waals surface area contributed by atoms with Gasteiger partial charge in [0.05, 0.1) is 18.8 Å². The molecule has 0 aromatic heterocycles. The van der Waals surface area contributed by atoms with Gasteiger partial charge >= 0.3 is 5.97 Å². The van der Waals surface area contributed by atoms with E-state index in [4.69, 9.17) is 14.2 Å². The van der Waals surface area contributed by atoms with E-state index >= 15 is 0 Å². The van der Waals surface area contributed by atoms with E-state index in [1.807, 2.05) is 0 Å². The molecule has 0 saturated heterocycles. The molecule has 0 heterocycles. The van der Waals surface area contributed by atoms with Gasteiger partial charge in [0.15, 0.2) is 34.7 Å². The Bertz CT molecular complexity index is 1440. The number of rotatable bonds is 8. The number of hydrogen-bond acceptors (Lipinski definition) is 4. The molecule has 10 heteroatoms. The quantitative estimate of drug-likeness (QED) is 0.163. The minimum absolute atomic E-state index is 0.000706. The second-order valence-electron chi connectivity index (χ2n) is 8.72. The van der Waals surface area contributed by atoms with Crippen molar-refractivity contribution < 1.29 is 45.3 Å². The topological polar surface area (TPSA) is 44.8 Å². The van der Waals surface area contributed by atoms with Gasteiger partial charge in [0, 0.05) is 5.56 Å². The molecule has 0 N–H and O–H groups in total. The predicted molar refractivity (Wildman–Crippen MR) is 131 cm³/mol. The highest BCUT2D eigenvalue weighted by atomic mass is 19.2. The van der Waals surface area contributed by atoms with Gasteiger partial charge in [-0.3, -0.25) is 0 Å². The first-order valence-electron chi connectivity index (χ1n) is 12.3. The molecule has 4 nitrogen and oxygen atoms in total. The zero-order chi connectivity index (χ0) is 28.3. The normalized spacial score (nSPS) is 15.1. The maximum absolute atomic E-state index is 15.0. The van der Waals surface area contributed by atoms with E-state index < -0.39 is 63.9 Å². The lowest BCUT2D eigenvalue weighted by atomic mass is 9.82. The maximum atomic E-state index is 15.0. The van der Waals surface area contributed by atoms with Gasteiger partial charge < -0.3 is 14.2 Å². The van der Waals surface area contributed by atoms with Gasteiger partial charge in [-0.2, -0.15) is 13.2 Å². The number of halogens is 6. The van der Waals surface area contributed by atoms with E-state index in [0.29, 0.717) is 12.0 Å².